The van der Waals surface area contributed by atoms with Crippen molar-refractivity contribution >= 4 is 23.8 Å². The molecule has 0 aliphatic heterocycles. The highest BCUT2D eigenvalue weighted by Crippen LogP contribution is 2.14. The molecule has 0 rings (SSSR count). The smallest absolute Gasteiger partial charge is 0.326 e. The molecular weight excluding hydrogens is 610 g/mol. The minimum Gasteiger partial charge on any atom is -0.481 e. The molecule has 0 aromatic rings. The van der Waals surface area contributed by atoms with E-state index >= 15 is 0 Å². The summed E-state index contributed by atoms with van der Waals surface area (Å²) in [4.78, 5) is 46.0. The predicted molar refractivity (Wildman–Crippen MR) is 181 cm³/mol. The third-order valence-corrected chi connectivity index (χ3v) is 7.46. The molecule has 0 heterocycles. The molecule has 0 aromatic carbocycles. The number of nitrogens with one attached hydrogen (secondary N) is 3. The van der Waals surface area contributed by atoms with Crippen LogP contribution in [0.15, 0.2) is 0 Å². The van der Waals surface area contributed by atoms with Gasteiger partial charge in [0.2, 0.25) is 11.8 Å². The topological polar surface area (TPSA) is 182 Å². The molecule has 13 nitrogen and oxygen atoms in total. The number of aliphatic carboxylic acids is 2. The Kier molecular flexibility index (Phi) is 33.3. The summed E-state index contributed by atoms with van der Waals surface area (Å²) in [7, 11) is 0. The summed E-state index contributed by atoms with van der Waals surface area (Å²) in [6.45, 7) is 6.38. The van der Waals surface area contributed by atoms with Crippen LogP contribution < -0.4 is 16.0 Å². The number of carbonyl (C=O) groups is 4. The number of ether oxygens (including phenoxy) is 4. The molecule has 47 heavy (non-hydrogen) atoms. The van der Waals surface area contributed by atoms with Crippen LogP contribution in [0.3, 0.4) is 0 Å². The third kappa shape index (κ3) is 34.8. The van der Waals surface area contributed by atoms with Crippen LogP contribution in [0, 0.1) is 0 Å². The maximum Gasteiger partial charge on any atom is 0.326 e. The summed E-state index contributed by atoms with van der Waals surface area (Å²) < 4.78 is 21.2. The van der Waals surface area contributed by atoms with E-state index in [1.165, 1.54) is 44.9 Å². The zero-order chi connectivity index (χ0) is 34.6. The Morgan fingerprint density at radius 3 is 1.57 bits per heavy atom. The lowest BCUT2D eigenvalue weighted by atomic mass is 10.0. The number of hydrogen-bond acceptors (Lipinski definition) is 9. The lowest BCUT2D eigenvalue weighted by Crippen LogP contribution is -2.42. The molecule has 0 aliphatic rings. The van der Waals surface area contributed by atoms with Gasteiger partial charge in [0.15, 0.2) is 0 Å². The quantitative estimate of drug-likeness (QED) is 0.0599. The summed E-state index contributed by atoms with van der Waals surface area (Å²) in [5.74, 6) is -2.18. The second kappa shape index (κ2) is 35.0. The summed E-state index contributed by atoms with van der Waals surface area (Å²) >= 11 is 0. The highest BCUT2D eigenvalue weighted by Gasteiger charge is 2.19. The van der Waals surface area contributed by atoms with Gasteiger partial charge in [0.1, 0.15) is 12.6 Å². The Hall–Kier alpha value is -2.32. The average Bonchev–Trinajstić information content (AvgIpc) is 3.04. The van der Waals surface area contributed by atoms with E-state index in [4.69, 9.17) is 24.1 Å². The van der Waals surface area contributed by atoms with Gasteiger partial charge in [-0.05, 0) is 32.7 Å². The molecular formula is C34H65N3O10. The molecule has 1 unspecified atom stereocenters. The van der Waals surface area contributed by atoms with Crippen molar-refractivity contribution in [3.05, 3.63) is 0 Å². The van der Waals surface area contributed by atoms with Crippen LogP contribution >= 0.6 is 0 Å². The fourth-order valence-corrected chi connectivity index (χ4v) is 4.79. The zero-order valence-corrected chi connectivity index (χ0v) is 29.0. The Balaban J connectivity index is 3.55. The van der Waals surface area contributed by atoms with E-state index in [0.717, 1.165) is 44.9 Å². The van der Waals surface area contributed by atoms with Gasteiger partial charge < -0.3 is 45.1 Å². The first-order valence-corrected chi connectivity index (χ1v) is 17.9. The van der Waals surface area contributed by atoms with E-state index in [9.17, 15) is 24.3 Å². The van der Waals surface area contributed by atoms with Gasteiger partial charge in [-0.25, -0.2) is 4.79 Å². The molecule has 2 amide bonds. The van der Waals surface area contributed by atoms with E-state index in [1.54, 1.807) is 0 Å². The minimum absolute atomic E-state index is 0.0494. The van der Waals surface area contributed by atoms with Crippen molar-refractivity contribution in [3.8, 4) is 0 Å². The van der Waals surface area contributed by atoms with Crippen LogP contribution in [-0.2, 0) is 38.1 Å². The Labute approximate surface area is 282 Å². The molecule has 0 radical (unpaired) electrons. The fraction of sp³-hybridized carbons (Fsp3) is 0.882. The molecule has 13 heteroatoms. The number of carboxylic acids is 2. The van der Waals surface area contributed by atoms with Crippen molar-refractivity contribution < 1.29 is 48.3 Å². The van der Waals surface area contributed by atoms with E-state index < -0.39 is 18.0 Å². The van der Waals surface area contributed by atoms with E-state index in [-0.39, 0.29) is 37.9 Å². The number of amides is 2. The Morgan fingerprint density at radius 2 is 1.04 bits per heavy atom. The molecule has 0 aromatic heterocycles. The largest absolute Gasteiger partial charge is 0.481 e. The van der Waals surface area contributed by atoms with E-state index in [0.29, 0.717) is 65.7 Å². The number of carboxylic acid groups (broad SMARTS) is 2. The SMILES string of the molecule is CCOCCOCCNC(=O)COCCOCCNCCC(NC(=O)CCCCCCCCCCCCCCCCC(=O)O)C(=O)O. The molecule has 0 fully saturated rings. The van der Waals surface area contributed by atoms with Crippen LogP contribution in [-0.4, -0.2) is 112 Å². The van der Waals surface area contributed by atoms with Gasteiger partial charge in [-0.1, -0.05) is 77.0 Å². The minimum atomic E-state index is -1.04. The second-order valence-electron chi connectivity index (χ2n) is 11.7. The van der Waals surface area contributed by atoms with Gasteiger partial charge >= 0.3 is 11.9 Å². The Bertz CT molecular complexity index is 772. The molecule has 0 bridgehead atoms. The molecule has 0 saturated heterocycles. The van der Waals surface area contributed by atoms with Crippen LogP contribution in [0.25, 0.3) is 0 Å². The summed E-state index contributed by atoms with van der Waals surface area (Å²) in [6, 6.07) is -0.922. The average molecular weight is 676 g/mol. The maximum atomic E-state index is 12.2. The first-order chi connectivity index (χ1) is 22.9. The molecule has 276 valence electrons. The maximum absolute atomic E-state index is 12.2. The molecule has 0 saturated carbocycles. The van der Waals surface area contributed by atoms with E-state index in [2.05, 4.69) is 16.0 Å². The lowest BCUT2D eigenvalue weighted by molar-refractivity contribution is -0.142. The van der Waals surface area contributed by atoms with Crippen LogP contribution in [0.2, 0.25) is 0 Å². The van der Waals surface area contributed by atoms with Gasteiger partial charge in [0, 0.05) is 32.5 Å². The summed E-state index contributed by atoms with van der Waals surface area (Å²) in [6.07, 6.45) is 16.5. The monoisotopic (exact) mass is 675 g/mol. The van der Waals surface area contributed by atoms with Crippen LogP contribution in [0.1, 0.15) is 116 Å². The molecule has 0 spiro atoms. The third-order valence-electron chi connectivity index (χ3n) is 7.46. The lowest BCUT2D eigenvalue weighted by Gasteiger charge is -2.15. The van der Waals surface area contributed by atoms with Gasteiger partial charge in [0.25, 0.3) is 0 Å². The van der Waals surface area contributed by atoms with Gasteiger partial charge in [-0.2, -0.15) is 0 Å². The Morgan fingerprint density at radius 1 is 0.553 bits per heavy atom. The first-order valence-electron chi connectivity index (χ1n) is 17.9. The van der Waals surface area contributed by atoms with Crippen molar-refractivity contribution in [1.82, 2.24) is 16.0 Å². The van der Waals surface area contributed by atoms with E-state index in [1.807, 2.05) is 6.92 Å². The summed E-state index contributed by atoms with van der Waals surface area (Å²) in [5.41, 5.74) is 0. The van der Waals surface area contributed by atoms with Crippen molar-refractivity contribution in [1.29, 1.82) is 0 Å². The highest BCUT2D eigenvalue weighted by atomic mass is 16.5. The first kappa shape index (κ1) is 44.7. The molecule has 1 atom stereocenters. The standard InChI is InChI=1S/C34H65N3O10/c1-2-44-25-26-46-24-22-36-32(39)29-47-28-27-45-23-21-35-20-19-30(34(42)43)37-31(38)17-15-13-11-9-7-5-3-4-6-8-10-12-14-16-18-33(40)41/h30,35H,2-29H2,1H3,(H,36,39)(H,37,38)(H,40,41)(H,42,43). The normalized spacial score (nSPS) is 11.8. The predicted octanol–water partition coefficient (Wildman–Crippen LogP) is 4.06. The zero-order valence-electron chi connectivity index (χ0n) is 29.0. The van der Waals surface area contributed by atoms with Crippen molar-refractivity contribution in [2.24, 2.45) is 0 Å². The number of carbonyl (C=O) groups excluding carboxylic acids is 2. The van der Waals surface area contributed by atoms with Crippen LogP contribution in [0.4, 0.5) is 0 Å². The molecule has 5 N–H and O–H groups in total. The van der Waals surface area contributed by atoms with Crippen molar-refractivity contribution in [2.45, 2.75) is 122 Å². The number of hydrogen-bond donors (Lipinski definition) is 5. The fourth-order valence-electron chi connectivity index (χ4n) is 4.79. The highest BCUT2D eigenvalue weighted by molar-refractivity contribution is 5.83. The van der Waals surface area contributed by atoms with Crippen molar-refractivity contribution in [2.75, 3.05) is 72.5 Å². The summed E-state index contributed by atoms with van der Waals surface area (Å²) in [5, 5.41) is 26.6. The van der Waals surface area contributed by atoms with Gasteiger partial charge in [-0.15, -0.1) is 0 Å². The number of rotatable bonds is 37. The van der Waals surface area contributed by atoms with Gasteiger partial charge in [0.05, 0.1) is 39.6 Å². The van der Waals surface area contributed by atoms with Gasteiger partial charge in [-0.3, -0.25) is 14.4 Å². The van der Waals surface area contributed by atoms with Crippen molar-refractivity contribution in [3.63, 3.8) is 0 Å². The number of unbranched alkanes of at least 4 members (excludes halogenated alkanes) is 13. The second-order valence-corrected chi connectivity index (χ2v) is 11.7. The van der Waals surface area contributed by atoms with Crippen LogP contribution in [0.5, 0.6) is 0 Å². The molecule has 0 aliphatic carbocycles.